The first-order chi connectivity index (χ1) is 13.9. The minimum atomic E-state index is -1.04. The lowest BCUT2D eigenvalue weighted by Gasteiger charge is -2.13. The summed E-state index contributed by atoms with van der Waals surface area (Å²) in [6.07, 6.45) is 1.21. The first kappa shape index (κ1) is 22.4. The zero-order valence-corrected chi connectivity index (χ0v) is 17.1. The molecule has 0 unspecified atom stereocenters. The SMILES string of the molecule is CCCOc1ccc(C(=O)CCC(=O)O[C@@H](C)C(=O)Nc2cccnc2Cl)cc1. The maximum absolute atomic E-state index is 12.2. The van der Waals surface area contributed by atoms with Gasteiger partial charge in [0.2, 0.25) is 0 Å². The van der Waals surface area contributed by atoms with Crippen molar-refractivity contribution in [3.8, 4) is 5.75 Å². The lowest BCUT2D eigenvalue weighted by atomic mass is 10.1. The van der Waals surface area contributed by atoms with Gasteiger partial charge in [-0.3, -0.25) is 14.4 Å². The first-order valence-electron chi connectivity index (χ1n) is 9.27. The number of aromatic nitrogens is 1. The standard InChI is InChI=1S/C21H23ClN2O5/c1-3-13-28-16-8-6-15(7-9-16)18(25)10-11-19(26)29-14(2)21(27)24-17-5-4-12-23-20(17)22/h4-9,12,14H,3,10-11,13H2,1-2H3,(H,24,27)/t14-/m0/s1. The van der Waals surface area contributed by atoms with E-state index in [0.717, 1.165) is 6.42 Å². The van der Waals surface area contributed by atoms with Crippen LogP contribution in [0.15, 0.2) is 42.6 Å². The Labute approximate surface area is 174 Å². The fourth-order valence-corrected chi connectivity index (χ4v) is 2.51. The van der Waals surface area contributed by atoms with Crippen LogP contribution in [-0.4, -0.2) is 35.4 Å². The number of nitrogens with one attached hydrogen (secondary N) is 1. The van der Waals surface area contributed by atoms with Gasteiger partial charge in [0.05, 0.1) is 18.7 Å². The van der Waals surface area contributed by atoms with Crippen LogP contribution in [0.25, 0.3) is 0 Å². The molecule has 7 nitrogen and oxygen atoms in total. The number of carbonyl (C=O) groups excluding carboxylic acids is 3. The zero-order chi connectivity index (χ0) is 21.2. The number of rotatable bonds is 10. The van der Waals surface area contributed by atoms with Crippen LogP contribution in [0.4, 0.5) is 5.69 Å². The predicted octanol–water partition coefficient (Wildman–Crippen LogP) is 4.06. The third-order valence-corrected chi connectivity index (χ3v) is 4.20. The van der Waals surface area contributed by atoms with Crippen molar-refractivity contribution < 1.29 is 23.9 Å². The van der Waals surface area contributed by atoms with Crippen LogP contribution in [-0.2, 0) is 14.3 Å². The molecule has 0 aliphatic heterocycles. The highest BCUT2D eigenvalue weighted by atomic mass is 35.5. The van der Waals surface area contributed by atoms with Gasteiger partial charge in [-0.2, -0.15) is 0 Å². The van der Waals surface area contributed by atoms with Crippen LogP contribution in [0.5, 0.6) is 5.75 Å². The Bertz CT molecular complexity index is 854. The van der Waals surface area contributed by atoms with E-state index in [2.05, 4.69) is 10.3 Å². The lowest BCUT2D eigenvalue weighted by molar-refractivity contribution is -0.153. The second-order valence-corrected chi connectivity index (χ2v) is 6.62. The second kappa shape index (κ2) is 11.2. The summed E-state index contributed by atoms with van der Waals surface area (Å²) in [7, 11) is 0. The number of amides is 1. The van der Waals surface area contributed by atoms with E-state index >= 15 is 0 Å². The number of carbonyl (C=O) groups is 3. The molecule has 1 N–H and O–H groups in total. The number of anilines is 1. The molecule has 0 spiro atoms. The number of halogens is 1. The van der Waals surface area contributed by atoms with Crippen molar-refractivity contribution in [1.29, 1.82) is 0 Å². The average molecular weight is 419 g/mol. The largest absolute Gasteiger partial charge is 0.494 e. The Morgan fingerprint density at radius 1 is 1.14 bits per heavy atom. The molecule has 1 aromatic heterocycles. The number of hydrogen-bond acceptors (Lipinski definition) is 6. The third kappa shape index (κ3) is 7.19. The summed E-state index contributed by atoms with van der Waals surface area (Å²) in [5, 5.41) is 2.67. The molecule has 2 aromatic rings. The van der Waals surface area contributed by atoms with E-state index < -0.39 is 18.0 Å². The quantitative estimate of drug-likeness (QED) is 0.355. The highest BCUT2D eigenvalue weighted by Crippen LogP contribution is 2.18. The van der Waals surface area contributed by atoms with E-state index in [1.54, 1.807) is 36.4 Å². The van der Waals surface area contributed by atoms with Gasteiger partial charge in [-0.05, 0) is 49.7 Å². The molecule has 1 amide bonds. The first-order valence-corrected chi connectivity index (χ1v) is 9.65. The Morgan fingerprint density at radius 2 is 1.86 bits per heavy atom. The second-order valence-electron chi connectivity index (χ2n) is 6.26. The molecule has 2 rings (SSSR count). The summed E-state index contributed by atoms with van der Waals surface area (Å²) in [5.41, 5.74) is 0.808. The minimum Gasteiger partial charge on any atom is -0.494 e. The van der Waals surface area contributed by atoms with E-state index in [9.17, 15) is 14.4 Å². The number of esters is 1. The van der Waals surface area contributed by atoms with Gasteiger partial charge in [0, 0.05) is 18.2 Å². The molecule has 0 aliphatic rings. The average Bonchev–Trinajstić information content (AvgIpc) is 2.72. The molecule has 29 heavy (non-hydrogen) atoms. The lowest BCUT2D eigenvalue weighted by Crippen LogP contribution is -2.30. The molecule has 0 bridgehead atoms. The van der Waals surface area contributed by atoms with Gasteiger partial charge < -0.3 is 14.8 Å². The minimum absolute atomic E-state index is 0.0171. The molecular formula is C21H23ClN2O5. The molecule has 1 atom stereocenters. The number of pyridine rings is 1. The summed E-state index contributed by atoms with van der Waals surface area (Å²) in [5.74, 6) is -0.678. The molecule has 0 saturated heterocycles. The maximum atomic E-state index is 12.2. The summed E-state index contributed by atoms with van der Waals surface area (Å²) in [6.45, 7) is 4.06. The highest BCUT2D eigenvalue weighted by molar-refractivity contribution is 6.32. The molecule has 154 valence electrons. The number of benzene rings is 1. The topological polar surface area (TPSA) is 94.6 Å². The molecule has 0 saturated carbocycles. The Morgan fingerprint density at radius 3 is 2.52 bits per heavy atom. The van der Waals surface area contributed by atoms with Crippen LogP contribution < -0.4 is 10.1 Å². The van der Waals surface area contributed by atoms with Crippen LogP contribution in [0.1, 0.15) is 43.5 Å². The van der Waals surface area contributed by atoms with Crippen molar-refractivity contribution in [2.75, 3.05) is 11.9 Å². The molecule has 0 radical (unpaired) electrons. The maximum Gasteiger partial charge on any atom is 0.307 e. The highest BCUT2D eigenvalue weighted by Gasteiger charge is 2.19. The van der Waals surface area contributed by atoms with E-state index in [-0.39, 0.29) is 23.8 Å². The predicted molar refractivity (Wildman–Crippen MR) is 109 cm³/mol. The van der Waals surface area contributed by atoms with Crippen LogP contribution in [0, 0.1) is 0 Å². The van der Waals surface area contributed by atoms with E-state index in [4.69, 9.17) is 21.1 Å². The van der Waals surface area contributed by atoms with Crippen LogP contribution in [0.3, 0.4) is 0 Å². The van der Waals surface area contributed by atoms with Crippen molar-refractivity contribution in [2.24, 2.45) is 0 Å². The smallest absolute Gasteiger partial charge is 0.307 e. The molecule has 0 fully saturated rings. The fraction of sp³-hybridized carbons (Fsp3) is 0.333. The summed E-state index contributed by atoms with van der Waals surface area (Å²) >= 11 is 5.88. The van der Waals surface area contributed by atoms with Crippen LogP contribution >= 0.6 is 11.6 Å². The van der Waals surface area contributed by atoms with Gasteiger partial charge >= 0.3 is 5.97 Å². The molecule has 1 heterocycles. The summed E-state index contributed by atoms with van der Waals surface area (Å²) in [6, 6.07) is 9.96. The summed E-state index contributed by atoms with van der Waals surface area (Å²) < 4.78 is 10.6. The number of Topliss-reactive ketones (excluding diaryl/α,β-unsaturated/α-hetero) is 1. The number of nitrogens with zero attached hydrogens (tertiary/aromatic N) is 1. The fourth-order valence-electron chi connectivity index (χ4n) is 2.34. The molecular weight excluding hydrogens is 396 g/mol. The Kier molecular flexibility index (Phi) is 8.61. The monoisotopic (exact) mass is 418 g/mol. The Hall–Kier alpha value is -2.93. The number of ketones is 1. The molecule has 8 heteroatoms. The van der Waals surface area contributed by atoms with Gasteiger partial charge in [0.25, 0.3) is 5.91 Å². The Balaban J connectivity index is 1.78. The van der Waals surface area contributed by atoms with Gasteiger partial charge in [-0.15, -0.1) is 0 Å². The van der Waals surface area contributed by atoms with Crippen molar-refractivity contribution >= 4 is 34.9 Å². The van der Waals surface area contributed by atoms with Crippen LogP contribution in [0.2, 0.25) is 5.15 Å². The summed E-state index contributed by atoms with van der Waals surface area (Å²) in [4.78, 5) is 40.2. The van der Waals surface area contributed by atoms with Gasteiger partial charge in [-0.25, -0.2) is 4.98 Å². The van der Waals surface area contributed by atoms with E-state index in [1.165, 1.54) is 13.1 Å². The zero-order valence-electron chi connectivity index (χ0n) is 16.3. The third-order valence-electron chi connectivity index (χ3n) is 3.90. The van der Waals surface area contributed by atoms with Gasteiger partial charge in [0.15, 0.2) is 17.0 Å². The number of ether oxygens (including phenoxy) is 2. The van der Waals surface area contributed by atoms with Gasteiger partial charge in [-0.1, -0.05) is 18.5 Å². The van der Waals surface area contributed by atoms with Crippen molar-refractivity contribution in [3.05, 3.63) is 53.3 Å². The number of hydrogen-bond donors (Lipinski definition) is 1. The normalized spacial score (nSPS) is 11.4. The van der Waals surface area contributed by atoms with Crippen molar-refractivity contribution in [3.63, 3.8) is 0 Å². The molecule has 0 aliphatic carbocycles. The van der Waals surface area contributed by atoms with E-state index in [1.807, 2.05) is 6.92 Å². The molecule has 1 aromatic carbocycles. The van der Waals surface area contributed by atoms with E-state index in [0.29, 0.717) is 23.6 Å². The van der Waals surface area contributed by atoms with Crippen molar-refractivity contribution in [2.45, 2.75) is 39.2 Å². The van der Waals surface area contributed by atoms with Crippen molar-refractivity contribution in [1.82, 2.24) is 4.98 Å². The van der Waals surface area contributed by atoms with Gasteiger partial charge in [0.1, 0.15) is 5.75 Å².